The largest absolute Gasteiger partial charge is 0.325 e. The number of para-hydroxylation sites is 1. The number of carbonyl (C=O) groups is 1. The third-order valence-electron chi connectivity index (χ3n) is 4.20. The molecule has 1 amide bonds. The lowest BCUT2D eigenvalue weighted by molar-refractivity contribution is -0.113. The average molecular weight is 483 g/mol. The number of anilines is 1. The summed E-state index contributed by atoms with van der Waals surface area (Å²) in [6.45, 7) is 0. The van der Waals surface area contributed by atoms with Crippen LogP contribution in [0.5, 0.6) is 0 Å². The Balaban J connectivity index is 1.60. The van der Waals surface area contributed by atoms with Crippen LogP contribution in [0.4, 0.5) is 10.1 Å². The molecule has 0 radical (unpaired) electrons. The van der Waals surface area contributed by atoms with Crippen molar-refractivity contribution >= 4 is 39.3 Å². The Morgan fingerprint density at radius 1 is 1.00 bits per heavy atom. The second kappa shape index (κ2) is 9.23. The van der Waals surface area contributed by atoms with E-state index in [9.17, 15) is 9.18 Å². The quantitative estimate of drug-likeness (QED) is 0.365. The summed E-state index contributed by atoms with van der Waals surface area (Å²) in [7, 11) is 0. The molecular formula is C22H16BrFN4OS. The van der Waals surface area contributed by atoms with Crippen molar-refractivity contribution in [3.63, 3.8) is 0 Å². The van der Waals surface area contributed by atoms with Gasteiger partial charge in [0.1, 0.15) is 5.82 Å². The number of nitrogens with zero attached hydrogens (tertiary/aromatic N) is 3. The summed E-state index contributed by atoms with van der Waals surface area (Å²) < 4.78 is 16.1. The van der Waals surface area contributed by atoms with Gasteiger partial charge in [-0.2, -0.15) is 0 Å². The third kappa shape index (κ3) is 4.60. The summed E-state index contributed by atoms with van der Waals surface area (Å²) in [6.07, 6.45) is 0. The lowest BCUT2D eigenvalue weighted by Crippen LogP contribution is -2.14. The minimum atomic E-state index is -0.401. The van der Waals surface area contributed by atoms with E-state index in [-0.39, 0.29) is 11.7 Å². The first-order chi connectivity index (χ1) is 14.6. The molecule has 1 N–H and O–H groups in total. The number of hydrogen-bond donors (Lipinski definition) is 1. The van der Waals surface area contributed by atoms with E-state index in [0.29, 0.717) is 16.7 Å². The van der Waals surface area contributed by atoms with E-state index in [4.69, 9.17) is 0 Å². The zero-order chi connectivity index (χ0) is 20.9. The predicted octanol–water partition coefficient (Wildman–Crippen LogP) is 5.57. The van der Waals surface area contributed by atoms with Crippen LogP contribution < -0.4 is 5.32 Å². The molecule has 8 heteroatoms. The molecule has 150 valence electrons. The van der Waals surface area contributed by atoms with E-state index < -0.39 is 5.82 Å². The Labute approximate surface area is 185 Å². The molecule has 4 aromatic rings. The summed E-state index contributed by atoms with van der Waals surface area (Å²) in [6, 6.07) is 23.3. The minimum Gasteiger partial charge on any atom is -0.325 e. The highest BCUT2D eigenvalue weighted by Gasteiger charge is 2.18. The first-order valence-corrected chi connectivity index (χ1v) is 10.8. The molecular weight excluding hydrogens is 467 g/mol. The third-order valence-corrected chi connectivity index (χ3v) is 5.82. The lowest BCUT2D eigenvalue weighted by atomic mass is 10.2. The van der Waals surface area contributed by atoms with Crippen LogP contribution >= 0.6 is 27.7 Å². The van der Waals surface area contributed by atoms with E-state index in [2.05, 4.69) is 31.4 Å². The van der Waals surface area contributed by atoms with Crippen molar-refractivity contribution in [2.75, 3.05) is 11.1 Å². The number of thioether (sulfide) groups is 1. The molecule has 0 bridgehead atoms. The Kier molecular flexibility index (Phi) is 6.25. The number of nitrogens with one attached hydrogen (secondary N) is 1. The van der Waals surface area contributed by atoms with E-state index in [1.165, 1.54) is 23.9 Å². The highest BCUT2D eigenvalue weighted by molar-refractivity contribution is 9.10. The zero-order valence-corrected chi connectivity index (χ0v) is 18.0. The Morgan fingerprint density at radius 2 is 1.77 bits per heavy atom. The summed E-state index contributed by atoms with van der Waals surface area (Å²) in [4.78, 5) is 12.4. The molecule has 0 saturated carbocycles. The molecule has 0 aliphatic rings. The van der Waals surface area contributed by atoms with Crippen LogP contribution in [0, 0.1) is 5.82 Å². The average Bonchev–Trinajstić information content (AvgIpc) is 3.17. The monoisotopic (exact) mass is 482 g/mol. The zero-order valence-electron chi connectivity index (χ0n) is 15.6. The van der Waals surface area contributed by atoms with Gasteiger partial charge in [-0.15, -0.1) is 10.2 Å². The number of rotatable bonds is 6. The Morgan fingerprint density at radius 3 is 2.53 bits per heavy atom. The van der Waals surface area contributed by atoms with Gasteiger partial charge in [0, 0.05) is 21.4 Å². The highest BCUT2D eigenvalue weighted by Crippen LogP contribution is 2.32. The van der Waals surface area contributed by atoms with Crippen LogP contribution in [0.15, 0.2) is 88.5 Å². The second-order valence-electron chi connectivity index (χ2n) is 6.30. The summed E-state index contributed by atoms with van der Waals surface area (Å²) in [5.74, 6) is 0.122. The van der Waals surface area contributed by atoms with Gasteiger partial charge in [0.15, 0.2) is 11.0 Å². The number of halogens is 2. The van der Waals surface area contributed by atoms with Crippen LogP contribution in [0.3, 0.4) is 0 Å². The molecule has 4 rings (SSSR count). The van der Waals surface area contributed by atoms with Crippen molar-refractivity contribution < 1.29 is 9.18 Å². The first kappa shape index (κ1) is 20.3. The Bertz CT molecular complexity index is 1180. The molecule has 0 aliphatic carbocycles. The smallest absolute Gasteiger partial charge is 0.234 e. The summed E-state index contributed by atoms with van der Waals surface area (Å²) in [5.41, 5.74) is 2.20. The minimum absolute atomic E-state index is 0.109. The number of benzene rings is 3. The number of carbonyl (C=O) groups excluding carboxylic acids is 1. The van der Waals surface area contributed by atoms with Gasteiger partial charge in [-0.25, -0.2) is 4.39 Å². The fourth-order valence-corrected chi connectivity index (χ4v) is 4.10. The second-order valence-corrected chi connectivity index (χ2v) is 8.10. The van der Waals surface area contributed by atoms with E-state index in [0.717, 1.165) is 15.7 Å². The Hall–Kier alpha value is -2.97. The van der Waals surface area contributed by atoms with Crippen LogP contribution in [0.25, 0.3) is 17.1 Å². The van der Waals surface area contributed by atoms with Crippen molar-refractivity contribution in [2.45, 2.75) is 5.16 Å². The van der Waals surface area contributed by atoms with Gasteiger partial charge in [-0.1, -0.05) is 70.2 Å². The van der Waals surface area contributed by atoms with Crippen molar-refractivity contribution in [3.05, 3.63) is 89.2 Å². The first-order valence-electron chi connectivity index (χ1n) is 9.06. The normalized spacial score (nSPS) is 10.7. The van der Waals surface area contributed by atoms with Gasteiger partial charge >= 0.3 is 0 Å². The standard InChI is InChI=1S/C22H16BrFN4OS/c23-19-12-5-4-11-18(19)21-26-27-22(28(21)17-9-2-1-3-10-17)30-14-20(29)25-16-8-6-7-15(24)13-16/h1-13H,14H2,(H,25,29). The number of amides is 1. The SMILES string of the molecule is O=C(CSc1nnc(-c2ccccc2Br)n1-c1ccccc1)Nc1cccc(F)c1. The van der Waals surface area contributed by atoms with Crippen LogP contribution in [0.2, 0.25) is 0 Å². The fourth-order valence-electron chi connectivity index (χ4n) is 2.88. The maximum absolute atomic E-state index is 13.3. The van der Waals surface area contributed by atoms with Crippen molar-refractivity contribution in [3.8, 4) is 17.1 Å². The molecule has 0 spiro atoms. The lowest BCUT2D eigenvalue weighted by Gasteiger charge is -2.11. The molecule has 1 heterocycles. The van der Waals surface area contributed by atoms with Crippen LogP contribution in [0.1, 0.15) is 0 Å². The van der Waals surface area contributed by atoms with Gasteiger partial charge in [0.25, 0.3) is 0 Å². The predicted molar refractivity (Wildman–Crippen MR) is 120 cm³/mol. The van der Waals surface area contributed by atoms with Gasteiger partial charge < -0.3 is 5.32 Å². The fraction of sp³-hybridized carbons (Fsp3) is 0.0455. The molecule has 30 heavy (non-hydrogen) atoms. The summed E-state index contributed by atoms with van der Waals surface area (Å²) >= 11 is 4.83. The molecule has 0 fully saturated rings. The number of aromatic nitrogens is 3. The maximum Gasteiger partial charge on any atom is 0.234 e. The van der Waals surface area contributed by atoms with Gasteiger partial charge in [-0.05, 0) is 36.4 Å². The molecule has 0 atom stereocenters. The topological polar surface area (TPSA) is 59.8 Å². The molecule has 0 unspecified atom stereocenters. The van der Waals surface area contributed by atoms with Crippen LogP contribution in [-0.4, -0.2) is 26.4 Å². The van der Waals surface area contributed by atoms with Crippen molar-refractivity contribution in [1.82, 2.24) is 14.8 Å². The summed E-state index contributed by atoms with van der Waals surface area (Å²) in [5, 5.41) is 12.0. The van der Waals surface area contributed by atoms with Crippen molar-refractivity contribution in [1.29, 1.82) is 0 Å². The van der Waals surface area contributed by atoms with Gasteiger partial charge in [0.2, 0.25) is 5.91 Å². The molecule has 0 saturated heterocycles. The van der Waals surface area contributed by atoms with E-state index in [1.807, 2.05) is 59.2 Å². The van der Waals surface area contributed by atoms with E-state index in [1.54, 1.807) is 12.1 Å². The maximum atomic E-state index is 13.3. The van der Waals surface area contributed by atoms with Gasteiger partial charge in [0.05, 0.1) is 5.75 Å². The molecule has 3 aromatic carbocycles. The highest BCUT2D eigenvalue weighted by atomic mass is 79.9. The van der Waals surface area contributed by atoms with E-state index >= 15 is 0 Å². The van der Waals surface area contributed by atoms with Crippen molar-refractivity contribution in [2.24, 2.45) is 0 Å². The van der Waals surface area contributed by atoms with Crippen LogP contribution in [-0.2, 0) is 4.79 Å². The molecule has 0 aliphatic heterocycles. The van der Waals surface area contributed by atoms with Gasteiger partial charge in [-0.3, -0.25) is 9.36 Å². The molecule has 5 nitrogen and oxygen atoms in total. The molecule has 1 aromatic heterocycles. The number of hydrogen-bond acceptors (Lipinski definition) is 4.